The van der Waals surface area contributed by atoms with Gasteiger partial charge in [-0.15, -0.1) is 0 Å². The number of carbonyl (C=O) groups is 2. The number of hydrogen-bond acceptors (Lipinski definition) is 7. The normalized spacial score (nSPS) is 41.4. The van der Waals surface area contributed by atoms with Gasteiger partial charge < -0.3 is 24.8 Å². The predicted octanol–water partition coefficient (Wildman–Crippen LogP) is 2.74. The molecular weight excluding hydrogens is 460 g/mol. The van der Waals surface area contributed by atoms with Crippen molar-refractivity contribution in [2.24, 2.45) is 22.7 Å². The standard InChI is InChI=1S/C29H38O7/c1-16-21(36-23(31)11-10-17-8-6-5-7-9-17)14-29(34)13-19-18-15-35-20(18)12-22(30)28(19,4)26(33)25(32)24(16)27(29,2)3/h5-9,18-22,25,30,32,34H,10-15H2,1-4H3/t18?,19?,20?,21-,22-,25+,28?,29-/m0/s1. The molecule has 2 saturated carbocycles. The summed E-state index contributed by atoms with van der Waals surface area (Å²) < 4.78 is 11.6. The van der Waals surface area contributed by atoms with E-state index < -0.39 is 40.5 Å². The molecule has 3 N–H and O–H groups in total. The van der Waals surface area contributed by atoms with Crippen LogP contribution in [0, 0.1) is 22.7 Å². The van der Waals surface area contributed by atoms with Gasteiger partial charge in [0.05, 0.1) is 29.8 Å². The summed E-state index contributed by atoms with van der Waals surface area (Å²) in [6.45, 7) is 7.68. The zero-order valence-electron chi connectivity index (χ0n) is 21.6. The predicted molar refractivity (Wildman–Crippen MR) is 132 cm³/mol. The van der Waals surface area contributed by atoms with E-state index in [-0.39, 0.29) is 43.2 Å². The maximum Gasteiger partial charge on any atom is 0.306 e. The summed E-state index contributed by atoms with van der Waals surface area (Å²) in [7, 11) is 0. The molecule has 5 rings (SSSR count). The molecule has 1 aliphatic heterocycles. The van der Waals surface area contributed by atoms with Crippen molar-refractivity contribution in [2.75, 3.05) is 6.61 Å². The smallest absolute Gasteiger partial charge is 0.306 e. The number of aryl methyl sites for hydroxylation is 1. The van der Waals surface area contributed by atoms with E-state index in [4.69, 9.17) is 9.47 Å². The number of fused-ring (bicyclic) bond motifs is 5. The van der Waals surface area contributed by atoms with Crippen molar-refractivity contribution in [3.05, 3.63) is 47.0 Å². The third-order valence-electron chi connectivity index (χ3n) is 10.0. The molecule has 3 aliphatic carbocycles. The van der Waals surface area contributed by atoms with Crippen LogP contribution in [-0.4, -0.2) is 63.7 Å². The first kappa shape index (κ1) is 25.6. The molecule has 4 unspecified atom stereocenters. The summed E-state index contributed by atoms with van der Waals surface area (Å²) in [6.07, 6.45) is -1.85. The van der Waals surface area contributed by atoms with E-state index in [9.17, 15) is 24.9 Å². The van der Waals surface area contributed by atoms with Gasteiger partial charge in [0.25, 0.3) is 0 Å². The number of Topliss-reactive ketones (excluding diaryl/α,β-unsaturated/α-hetero) is 1. The number of rotatable bonds is 4. The fraction of sp³-hybridized carbons (Fsp3) is 0.655. The van der Waals surface area contributed by atoms with Crippen molar-refractivity contribution in [1.82, 2.24) is 0 Å². The van der Waals surface area contributed by atoms with Crippen LogP contribution in [0.3, 0.4) is 0 Å². The van der Waals surface area contributed by atoms with E-state index in [2.05, 4.69) is 0 Å². The van der Waals surface area contributed by atoms with Crippen LogP contribution in [0.2, 0.25) is 0 Å². The van der Waals surface area contributed by atoms with Gasteiger partial charge in [0.1, 0.15) is 12.2 Å². The molecule has 8 atom stereocenters. The molecule has 196 valence electrons. The number of ketones is 1. The van der Waals surface area contributed by atoms with Gasteiger partial charge in [0.2, 0.25) is 0 Å². The highest BCUT2D eigenvalue weighted by molar-refractivity contribution is 5.93. The average molecular weight is 499 g/mol. The Bertz CT molecular complexity index is 1080. The van der Waals surface area contributed by atoms with E-state index in [0.717, 1.165) is 5.56 Å². The molecule has 1 aromatic carbocycles. The number of aliphatic hydroxyl groups is 3. The maximum absolute atomic E-state index is 13.9. The minimum Gasteiger partial charge on any atom is -0.458 e. The molecule has 0 aromatic heterocycles. The lowest BCUT2D eigenvalue weighted by molar-refractivity contribution is -0.243. The second-order valence-corrected chi connectivity index (χ2v) is 12.1. The minimum absolute atomic E-state index is 0.0230. The number of ether oxygens (including phenoxy) is 2. The molecule has 1 heterocycles. The molecule has 1 aromatic rings. The zero-order valence-corrected chi connectivity index (χ0v) is 21.6. The van der Waals surface area contributed by atoms with Crippen molar-refractivity contribution in [3.8, 4) is 0 Å². The van der Waals surface area contributed by atoms with E-state index >= 15 is 0 Å². The van der Waals surface area contributed by atoms with Crippen molar-refractivity contribution in [3.63, 3.8) is 0 Å². The van der Waals surface area contributed by atoms with Crippen LogP contribution in [0.1, 0.15) is 58.9 Å². The lowest BCUT2D eigenvalue weighted by atomic mass is 9.47. The molecule has 3 fully saturated rings. The maximum atomic E-state index is 13.9. The third kappa shape index (κ3) is 3.70. The fourth-order valence-electron chi connectivity index (χ4n) is 7.38. The molecule has 2 bridgehead atoms. The Balaban J connectivity index is 1.48. The number of carbonyl (C=O) groups excluding carboxylic acids is 2. The largest absolute Gasteiger partial charge is 0.458 e. The van der Waals surface area contributed by atoms with Gasteiger partial charge in [-0.3, -0.25) is 9.59 Å². The summed E-state index contributed by atoms with van der Waals surface area (Å²) in [4.78, 5) is 26.7. The van der Waals surface area contributed by atoms with Crippen LogP contribution in [0.25, 0.3) is 0 Å². The molecule has 7 nitrogen and oxygen atoms in total. The Morgan fingerprint density at radius 3 is 2.47 bits per heavy atom. The number of hydrogen-bond donors (Lipinski definition) is 3. The van der Waals surface area contributed by atoms with Crippen molar-refractivity contribution in [2.45, 2.75) is 89.8 Å². The lowest BCUT2D eigenvalue weighted by Crippen LogP contribution is -2.69. The molecule has 0 radical (unpaired) electrons. The Morgan fingerprint density at radius 1 is 1.14 bits per heavy atom. The number of esters is 1. The van der Waals surface area contributed by atoms with Crippen molar-refractivity contribution in [1.29, 1.82) is 0 Å². The summed E-state index contributed by atoms with van der Waals surface area (Å²) >= 11 is 0. The third-order valence-corrected chi connectivity index (χ3v) is 10.0. The molecule has 7 heteroatoms. The quantitative estimate of drug-likeness (QED) is 0.432. The monoisotopic (exact) mass is 498 g/mol. The van der Waals surface area contributed by atoms with Gasteiger partial charge in [-0.1, -0.05) is 44.2 Å². The molecule has 1 saturated heterocycles. The Labute approximate surface area is 212 Å². The molecule has 0 amide bonds. The van der Waals surface area contributed by atoms with E-state index in [1.807, 2.05) is 44.2 Å². The molecule has 4 aliphatic rings. The lowest BCUT2D eigenvalue weighted by Gasteiger charge is -2.62. The van der Waals surface area contributed by atoms with E-state index in [1.54, 1.807) is 13.8 Å². The summed E-state index contributed by atoms with van der Waals surface area (Å²) in [6, 6.07) is 9.69. The average Bonchev–Trinajstić information content (AvgIpc) is 2.81. The SMILES string of the molecule is CC1=C2[C@@H](O)C(=O)C3(C)C(C[C@](O)(C[C@@H]1OC(=O)CCc1ccccc1)C2(C)C)C1COC1C[C@@H]3O. The van der Waals surface area contributed by atoms with Gasteiger partial charge in [-0.05, 0) is 49.3 Å². The highest BCUT2D eigenvalue weighted by Gasteiger charge is 2.67. The molecule has 0 spiro atoms. The van der Waals surface area contributed by atoms with Crippen molar-refractivity contribution >= 4 is 11.8 Å². The Hall–Kier alpha value is -2.06. The van der Waals surface area contributed by atoms with Gasteiger partial charge in [0, 0.05) is 30.6 Å². The summed E-state index contributed by atoms with van der Waals surface area (Å²) in [5.74, 6) is -1.14. The van der Waals surface area contributed by atoms with Gasteiger partial charge in [-0.25, -0.2) is 0 Å². The number of benzene rings is 1. The first-order valence-electron chi connectivity index (χ1n) is 13.1. The van der Waals surface area contributed by atoms with E-state index in [1.165, 1.54) is 0 Å². The van der Waals surface area contributed by atoms with Gasteiger partial charge in [-0.2, -0.15) is 0 Å². The van der Waals surface area contributed by atoms with Crippen LogP contribution in [-0.2, 0) is 25.5 Å². The van der Waals surface area contributed by atoms with Crippen LogP contribution in [0.15, 0.2) is 41.5 Å². The first-order valence-corrected chi connectivity index (χ1v) is 13.1. The Morgan fingerprint density at radius 2 is 1.83 bits per heavy atom. The van der Waals surface area contributed by atoms with Crippen LogP contribution in [0.4, 0.5) is 0 Å². The number of aliphatic hydroxyl groups excluding tert-OH is 2. The highest BCUT2D eigenvalue weighted by atomic mass is 16.5. The first-order chi connectivity index (χ1) is 16.9. The summed E-state index contributed by atoms with van der Waals surface area (Å²) in [5, 5.41) is 34.8. The highest BCUT2D eigenvalue weighted by Crippen LogP contribution is 2.61. The van der Waals surface area contributed by atoms with Gasteiger partial charge >= 0.3 is 5.97 Å². The van der Waals surface area contributed by atoms with Gasteiger partial charge in [0.15, 0.2) is 5.78 Å². The van der Waals surface area contributed by atoms with Crippen LogP contribution in [0.5, 0.6) is 0 Å². The molecule has 36 heavy (non-hydrogen) atoms. The summed E-state index contributed by atoms with van der Waals surface area (Å²) in [5.41, 5.74) is -1.43. The zero-order chi connectivity index (χ0) is 26.0. The topological polar surface area (TPSA) is 113 Å². The second kappa shape index (κ2) is 8.76. The minimum atomic E-state index is -1.50. The van der Waals surface area contributed by atoms with Crippen LogP contribution < -0.4 is 0 Å². The second-order valence-electron chi connectivity index (χ2n) is 12.1. The van der Waals surface area contributed by atoms with E-state index in [0.29, 0.717) is 30.6 Å². The van der Waals surface area contributed by atoms with Crippen LogP contribution >= 0.6 is 0 Å². The fourth-order valence-corrected chi connectivity index (χ4v) is 7.38. The van der Waals surface area contributed by atoms with Crippen molar-refractivity contribution < 1.29 is 34.4 Å². The molecular formula is C29H38O7. The Kier molecular flexibility index (Phi) is 6.22.